The van der Waals surface area contributed by atoms with Gasteiger partial charge in [-0.3, -0.25) is 0 Å². The van der Waals surface area contributed by atoms with Crippen molar-refractivity contribution in [1.82, 2.24) is 5.32 Å². The van der Waals surface area contributed by atoms with E-state index in [4.69, 9.17) is 0 Å². The number of hydrogen-bond donors (Lipinski definition) is 1. The van der Waals surface area contributed by atoms with Gasteiger partial charge >= 0.3 is 0 Å². The number of nitrogens with one attached hydrogen (secondary N) is 1. The molecule has 0 aliphatic heterocycles. The zero-order chi connectivity index (χ0) is 13.2. The zero-order valence-corrected chi connectivity index (χ0v) is 12.2. The number of hydrogen-bond acceptors (Lipinski definition) is 2. The molecule has 1 saturated carbocycles. The lowest BCUT2D eigenvalue weighted by molar-refractivity contribution is 0.152. The van der Waals surface area contributed by atoms with Gasteiger partial charge in [-0.2, -0.15) is 0 Å². The van der Waals surface area contributed by atoms with E-state index in [1.807, 2.05) is 0 Å². The first-order valence-electron chi connectivity index (χ1n) is 7.01. The van der Waals surface area contributed by atoms with Gasteiger partial charge in [0.25, 0.3) is 0 Å². The smallest absolute Gasteiger partial charge is 0.0361 e. The molecule has 1 aromatic carbocycles. The van der Waals surface area contributed by atoms with E-state index in [2.05, 4.69) is 62.4 Å². The number of nitrogens with zero attached hydrogens (tertiary/aromatic N) is 1. The summed E-state index contributed by atoms with van der Waals surface area (Å²) in [6.45, 7) is 5.79. The molecule has 100 valence electrons. The summed E-state index contributed by atoms with van der Waals surface area (Å²) in [6, 6.07) is 9.29. The molecule has 2 nitrogen and oxygen atoms in total. The van der Waals surface area contributed by atoms with Crippen LogP contribution in [-0.2, 0) is 0 Å². The van der Waals surface area contributed by atoms with Crippen LogP contribution in [0.5, 0.6) is 0 Å². The van der Waals surface area contributed by atoms with Crippen molar-refractivity contribution in [3.8, 4) is 0 Å². The van der Waals surface area contributed by atoms with Crippen LogP contribution in [0.25, 0.3) is 0 Å². The lowest BCUT2D eigenvalue weighted by Crippen LogP contribution is -2.38. The van der Waals surface area contributed by atoms with E-state index in [-0.39, 0.29) is 0 Å². The van der Waals surface area contributed by atoms with E-state index < -0.39 is 0 Å². The van der Waals surface area contributed by atoms with Gasteiger partial charge in [-0.15, -0.1) is 0 Å². The highest BCUT2D eigenvalue weighted by atomic mass is 15.1. The highest BCUT2D eigenvalue weighted by Gasteiger charge is 2.31. The van der Waals surface area contributed by atoms with Gasteiger partial charge in [0, 0.05) is 32.4 Å². The number of rotatable bonds is 5. The van der Waals surface area contributed by atoms with Crippen molar-refractivity contribution in [2.75, 3.05) is 25.5 Å². The lowest BCUT2D eigenvalue weighted by Gasteiger charge is -2.39. The van der Waals surface area contributed by atoms with Crippen LogP contribution in [0.15, 0.2) is 24.3 Å². The van der Waals surface area contributed by atoms with E-state index in [9.17, 15) is 0 Å². The van der Waals surface area contributed by atoms with Gasteiger partial charge in [0.15, 0.2) is 0 Å². The minimum absolute atomic E-state index is 0.443. The largest absolute Gasteiger partial charge is 0.378 e. The minimum Gasteiger partial charge on any atom is -0.378 e. The third kappa shape index (κ3) is 3.05. The predicted octanol–water partition coefficient (Wildman–Crippen LogP) is 3.59. The summed E-state index contributed by atoms with van der Waals surface area (Å²) in [4.78, 5) is 2.14. The van der Waals surface area contributed by atoms with Crippen LogP contribution in [0.1, 0.15) is 44.7 Å². The maximum atomic E-state index is 3.68. The van der Waals surface area contributed by atoms with Gasteiger partial charge in [-0.05, 0) is 42.9 Å². The molecule has 1 fully saturated rings. The van der Waals surface area contributed by atoms with Gasteiger partial charge in [0.05, 0.1) is 0 Å². The van der Waals surface area contributed by atoms with E-state index in [0.717, 1.165) is 6.54 Å². The SMILES string of the molecule is CC(NCC1(C)CCC1)c1ccc(N(C)C)cc1. The van der Waals surface area contributed by atoms with Crippen LogP contribution in [0.3, 0.4) is 0 Å². The molecule has 0 amide bonds. The van der Waals surface area contributed by atoms with Crippen molar-refractivity contribution in [1.29, 1.82) is 0 Å². The van der Waals surface area contributed by atoms with Crippen molar-refractivity contribution in [3.63, 3.8) is 0 Å². The fraction of sp³-hybridized carbons (Fsp3) is 0.625. The van der Waals surface area contributed by atoms with Gasteiger partial charge in [0.1, 0.15) is 0 Å². The molecule has 0 saturated heterocycles. The number of anilines is 1. The lowest BCUT2D eigenvalue weighted by atomic mass is 9.70. The summed E-state index contributed by atoms with van der Waals surface area (Å²) in [7, 11) is 4.15. The van der Waals surface area contributed by atoms with Crippen molar-refractivity contribution < 1.29 is 0 Å². The van der Waals surface area contributed by atoms with Crippen LogP contribution in [0, 0.1) is 5.41 Å². The molecule has 0 spiro atoms. The second-order valence-corrected chi connectivity index (χ2v) is 6.25. The first kappa shape index (κ1) is 13.4. The molecule has 2 heteroatoms. The first-order chi connectivity index (χ1) is 8.50. The molecular formula is C16H26N2. The molecular weight excluding hydrogens is 220 g/mol. The van der Waals surface area contributed by atoms with E-state index in [1.165, 1.54) is 30.5 Å². The Morgan fingerprint density at radius 3 is 2.28 bits per heavy atom. The molecule has 0 aromatic heterocycles. The van der Waals surface area contributed by atoms with Crippen LogP contribution < -0.4 is 10.2 Å². The third-order valence-corrected chi connectivity index (χ3v) is 4.31. The highest BCUT2D eigenvalue weighted by molar-refractivity contribution is 5.46. The van der Waals surface area contributed by atoms with Crippen molar-refractivity contribution in [2.24, 2.45) is 5.41 Å². The third-order valence-electron chi connectivity index (χ3n) is 4.31. The Hall–Kier alpha value is -1.02. The molecule has 1 atom stereocenters. The summed E-state index contributed by atoms with van der Waals surface area (Å²) in [6.07, 6.45) is 4.17. The molecule has 1 aliphatic carbocycles. The Bertz CT molecular complexity index is 377. The number of benzene rings is 1. The summed E-state index contributed by atoms with van der Waals surface area (Å²) in [5.41, 5.74) is 3.19. The van der Waals surface area contributed by atoms with E-state index in [0.29, 0.717) is 11.5 Å². The van der Waals surface area contributed by atoms with Gasteiger partial charge < -0.3 is 10.2 Å². The second-order valence-electron chi connectivity index (χ2n) is 6.25. The van der Waals surface area contributed by atoms with Gasteiger partial charge in [-0.25, -0.2) is 0 Å². The monoisotopic (exact) mass is 246 g/mol. The molecule has 18 heavy (non-hydrogen) atoms. The Kier molecular flexibility index (Phi) is 3.96. The Labute approximate surface area is 111 Å². The average molecular weight is 246 g/mol. The Morgan fingerprint density at radius 1 is 1.22 bits per heavy atom. The predicted molar refractivity (Wildman–Crippen MR) is 79.1 cm³/mol. The van der Waals surface area contributed by atoms with Crippen molar-refractivity contribution in [2.45, 2.75) is 39.2 Å². The molecule has 0 radical (unpaired) electrons. The fourth-order valence-electron chi connectivity index (χ4n) is 2.54. The molecule has 0 heterocycles. The van der Waals surface area contributed by atoms with E-state index >= 15 is 0 Å². The second kappa shape index (κ2) is 5.31. The summed E-state index contributed by atoms with van der Waals surface area (Å²) in [5, 5.41) is 3.68. The van der Waals surface area contributed by atoms with Crippen LogP contribution in [-0.4, -0.2) is 20.6 Å². The van der Waals surface area contributed by atoms with Crippen molar-refractivity contribution >= 4 is 5.69 Å². The summed E-state index contributed by atoms with van der Waals surface area (Å²) in [5.74, 6) is 0. The van der Waals surface area contributed by atoms with E-state index in [1.54, 1.807) is 0 Å². The highest BCUT2D eigenvalue weighted by Crippen LogP contribution is 2.39. The van der Waals surface area contributed by atoms with Crippen LogP contribution in [0.2, 0.25) is 0 Å². The topological polar surface area (TPSA) is 15.3 Å². The van der Waals surface area contributed by atoms with Crippen molar-refractivity contribution in [3.05, 3.63) is 29.8 Å². The fourth-order valence-corrected chi connectivity index (χ4v) is 2.54. The normalized spacial score (nSPS) is 19.1. The molecule has 0 bridgehead atoms. The average Bonchev–Trinajstić information content (AvgIpc) is 2.33. The summed E-state index contributed by atoms with van der Waals surface area (Å²) < 4.78 is 0. The molecule has 1 aromatic rings. The first-order valence-corrected chi connectivity index (χ1v) is 7.01. The Balaban J connectivity index is 1.90. The minimum atomic E-state index is 0.443. The van der Waals surface area contributed by atoms with Gasteiger partial charge in [-0.1, -0.05) is 25.5 Å². The maximum absolute atomic E-state index is 3.68. The zero-order valence-electron chi connectivity index (χ0n) is 12.2. The maximum Gasteiger partial charge on any atom is 0.0361 e. The standard InChI is InChI=1S/C16H26N2/c1-13(17-12-16(2)10-5-11-16)14-6-8-15(9-7-14)18(3)4/h6-9,13,17H,5,10-12H2,1-4H3. The van der Waals surface area contributed by atoms with Crippen LogP contribution >= 0.6 is 0 Å². The van der Waals surface area contributed by atoms with Gasteiger partial charge in [0.2, 0.25) is 0 Å². The Morgan fingerprint density at radius 2 is 1.83 bits per heavy atom. The molecule has 1 aliphatic rings. The molecule has 2 rings (SSSR count). The quantitative estimate of drug-likeness (QED) is 0.854. The van der Waals surface area contributed by atoms with Crippen LogP contribution in [0.4, 0.5) is 5.69 Å². The molecule has 1 unspecified atom stereocenters. The summed E-state index contributed by atoms with van der Waals surface area (Å²) >= 11 is 0. The molecule has 1 N–H and O–H groups in total.